The molecule has 4 rings (SSSR count). The number of aromatic nitrogens is 1. The molecule has 0 saturated heterocycles. The Balaban J connectivity index is 1.65. The minimum Gasteiger partial charge on any atom is -0.462 e. The third-order valence-corrected chi connectivity index (χ3v) is 6.14. The number of rotatable bonds is 7. The molecule has 5 heteroatoms. The van der Waals surface area contributed by atoms with Crippen molar-refractivity contribution in [1.82, 2.24) is 4.57 Å². The van der Waals surface area contributed by atoms with Crippen LogP contribution in [-0.2, 0) is 9.53 Å². The molecule has 2 heterocycles. The van der Waals surface area contributed by atoms with E-state index >= 15 is 0 Å². The summed E-state index contributed by atoms with van der Waals surface area (Å²) in [5, 5.41) is 0. The summed E-state index contributed by atoms with van der Waals surface area (Å²) in [5.41, 5.74) is 7.28. The fourth-order valence-electron chi connectivity index (χ4n) is 4.39. The van der Waals surface area contributed by atoms with Crippen molar-refractivity contribution in [3.05, 3.63) is 82.7 Å². The number of hydrogen-bond acceptors (Lipinski definition) is 3. The molecule has 0 fully saturated rings. The van der Waals surface area contributed by atoms with Crippen LogP contribution in [0.25, 0.3) is 17.3 Å². The average molecular weight is 443 g/mol. The van der Waals surface area contributed by atoms with E-state index in [2.05, 4.69) is 24.5 Å². The van der Waals surface area contributed by atoms with Gasteiger partial charge in [-0.1, -0.05) is 31.5 Å². The lowest BCUT2D eigenvalue weighted by molar-refractivity contribution is -0.112. The summed E-state index contributed by atoms with van der Waals surface area (Å²) < 4.78 is 7.45. The molecule has 1 aliphatic heterocycles. The molecule has 1 amide bonds. The van der Waals surface area contributed by atoms with Crippen molar-refractivity contribution >= 4 is 29.2 Å². The molecule has 2 aromatic carbocycles. The van der Waals surface area contributed by atoms with Crippen molar-refractivity contribution in [2.24, 2.45) is 0 Å². The summed E-state index contributed by atoms with van der Waals surface area (Å²) in [6, 6.07) is 17.5. The first kappa shape index (κ1) is 22.6. The monoisotopic (exact) mass is 442 g/mol. The fourth-order valence-corrected chi connectivity index (χ4v) is 4.39. The molecular weight excluding hydrogens is 412 g/mol. The van der Waals surface area contributed by atoms with Crippen LogP contribution in [-0.4, -0.2) is 29.6 Å². The van der Waals surface area contributed by atoms with Crippen LogP contribution in [0.1, 0.15) is 59.6 Å². The molecule has 0 spiro atoms. The SMILES string of the molecule is CCCCOC(=O)c1ccc(-n2c(C)cc(/C=C3/C(=O)N(CC)c4ccccc43)c2C)cc1. The Kier molecular flexibility index (Phi) is 6.50. The highest BCUT2D eigenvalue weighted by Gasteiger charge is 2.31. The lowest BCUT2D eigenvalue weighted by atomic mass is 10.0. The van der Waals surface area contributed by atoms with Gasteiger partial charge in [0.1, 0.15) is 0 Å². The summed E-state index contributed by atoms with van der Waals surface area (Å²) in [7, 11) is 0. The first-order chi connectivity index (χ1) is 16.0. The topological polar surface area (TPSA) is 51.5 Å². The number of amides is 1. The Morgan fingerprint density at radius 3 is 2.45 bits per heavy atom. The zero-order valence-corrected chi connectivity index (χ0v) is 19.7. The van der Waals surface area contributed by atoms with Crippen molar-refractivity contribution in [3.8, 4) is 5.69 Å². The van der Waals surface area contributed by atoms with Crippen LogP contribution in [0.5, 0.6) is 0 Å². The standard InChI is InChI=1S/C28H30N2O3/c1-5-7-16-33-28(32)21-12-14-23(15-13-21)30-19(3)17-22(20(30)4)18-25-24-10-8-9-11-26(24)29(6-2)27(25)31/h8-15,17-18H,5-7,16H2,1-4H3/b25-18+. The quantitative estimate of drug-likeness (QED) is 0.258. The predicted octanol–water partition coefficient (Wildman–Crippen LogP) is 5.96. The van der Waals surface area contributed by atoms with Gasteiger partial charge in [0, 0.05) is 34.8 Å². The van der Waals surface area contributed by atoms with Gasteiger partial charge in [0.2, 0.25) is 0 Å². The van der Waals surface area contributed by atoms with E-state index in [9.17, 15) is 9.59 Å². The van der Waals surface area contributed by atoms with Crippen LogP contribution in [0, 0.1) is 13.8 Å². The summed E-state index contributed by atoms with van der Waals surface area (Å²) in [6.07, 6.45) is 3.85. The third-order valence-electron chi connectivity index (χ3n) is 6.14. The average Bonchev–Trinajstić information content (AvgIpc) is 3.26. The van der Waals surface area contributed by atoms with E-state index in [1.807, 2.05) is 61.2 Å². The lowest BCUT2D eigenvalue weighted by Crippen LogP contribution is -2.25. The van der Waals surface area contributed by atoms with E-state index in [4.69, 9.17) is 4.74 Å². The molecule has 170 valence electrons. The Morgan fingerprint density at radius 1 is 1.03 bits per heavy atom. The molecule has 0 bridgehead atoms. The van der Waals surface area contributed by atoms with Gasteiger partial charge in [0.05, 0.1) is 17.9 Å². The van der Waals surface area contributed by atoms with Gasteiger partial charge >= 0.3 is 5.97 Å². The van der Waals surface area contributed by atoms with Crippen molar-refractivity contribution in [1.29, 1.82) is 0 Å². The second kappa shape index (κ2) is 9.49. The van der Waals surface area contributed by atoms with Gasteiger partial charge in [-0.15, -0.1) is 0 Å². The summed E-state index contributed by atoms with van der Waals surface area (Å²) in [5.74, 6) is -0.255. The first-order valence-corrected chi connectivity index (χ1v) is 11.6. The Bertz CT molecular complexity index is 1220. The molecular formula is C28H30N2O3. The number of carbonyl (C=O) groups is 2. The second-order valence-corrected chi connectivity index (χ2v) is 8.32. The lowest BCUT2D eigenvalue weighted by Gasteiger charge is -2.13. The maximum absolute atomic E-state index is 13.1. The molecule has 0 unspecified atom stereocenters. The summed E-state index contributed by atoms with van der Waals surface area (Å²) >= 11 is 0. The molecule has 5 nitrogen and oxygen atoms in total. The van der Waals surface area contributed by atoms with E-state index in [1.165, 1.54) is 0 Å². The Hall–Kier alpha value is -3.60. The predicted molar refractivity (Wildman–Crippen MR) is 133 cm³/mol. The first-order valence-electron chi connectivity index (χ1n) is 11.6. The van der Waals surface area contributed by atoms with Crippen LogP contribution >= 0.6 is 0 Å². The van der Waals surface area contributed by atoms with Gasteiger partial charge in [0.25, 0.3) is 5.91 Å². The number of esters is 1. The van der Waals surface area contributed by atoms with E-state index in [0.717, 1.165) is 52.3 Å². The van der Waals surface area contributed by atoms with E-state index in [1.54, 1.807) is 12.1 Å². The van der Waals surface area contributed by atoms with Gasteiger partial charge in [-0.25, -0.2) is 4.79 Å². The largest absolute Gasteiger partial charge is 0.462 e. The number of nitrogens with zero attached hydrogens (tertiary/aromatic N) is 2. The number of likely N-dealkylation sites (N-methyl/N-ethyl adjacent to an activating group) is 1. The highest BCUT2D eigenvalue weighted by molar-refractivity contribution is 6.35. The molecule has 1 aromatic heterocycles. The zero-order valence-electron chi connectivity index (χ0n) is 19.7. The van der Waals surface area contributed by atoms with Crippen molar-refractivity contribution in [2.45, 2.75) is 40.5 Å². The number of hydrogen-bond donors (Lipinski definition) is 0. The minimum absolute atomic E-state index is 0.0365. The number of fused-ring (bicyclic) bond motifs is 1. The highest BCUT2D eigenvalue weighted by Crippen LogP contribution is 2.38. The molecule has 0 aliphatic carbocycles. The maximum Gasteiger partial charge on any atom is 0.338 e. The Morgan fingerprint density at radius 2 is 1.76 bits per heavy atom. The normalized spacial score (nSPS) is 14.1. The van der Waals surface area contributed by atoms with Crippen LogP contribution in [0.2, 0.25) is 0 Å². The smallest absolute Gasteiger partial charge is 0.338 e. The van der Waals surface area contributed by atoms with Crippen LogP contribution in [0.15, 0.2) is 54.6 Å². The maximum atomic E-state index is 13.1. The third kappa shape index (κ3) is 4.23. The van der Waals surface area contributed by atoms with Gasteiger partial charge in [-0.05, 0) is 75.2 Å². The van der Waals surface area contributed by atoms with Gasteiger partial charge in [-0.2, -0.15) is 0 Å². The summed E-state index contributed by atoms with van der Waals surface area (Å²) in [6.45, 7) is 9.24. The minimum atomic E-state index is -0.291. The van der Waals surface area contributed by atoms with Crippen LogP contribution in [0.4, 0.5) is 5.69 Å². The van der Waals surface area contributed by atoms with E-state index < -0.39 is 0 Å². The fraction of sp³-hybridized carbons (Fsp3) is 0.286. The highest BCUT2D eigenvalue weighted by atomic mass is 16.5. The second-order valence-electron chi connectivity index (χ2n) is 8.32. The number of carbonyl (C=O) groups excluding carboxylic acids is 2. The van der Waals surface area contributed by atoms with E-state index in [-0.39, 0.29) is 11.9 Å². The van der Waals surface area contributed by atoms with Crippen LogP contribution in [0.3, 0.4) is 0 Å². The summed E-state index contributed by atoms with van der Waals surface area (Å²) in [4.78, 5) is 27.1. The zero-order chi connectivity index (χ0) is 23.5. The molecule has 0 radical (unpaired) electrons. The number of ether oxygens (including phenoxy) is 1. The van der Waals surface area contributed by atoms with Crippen LogP contribution < -0.4 is 4.90 Å². The number of anilines is 1. The van der Waals surface area contributed by atoms with Gasteiger partial charge < -0.3 is 14.2 Å². The number of aryl methyl sites for hydroxylation is 1. The molecule has 33 heavy (non-hydrogen) atoms. The molecule has 3 aromatic rings. The number of benzene rings is 2. The molecule has 1 aliphatic rings. The molecule has 0 atom stereocenters. The van der Waals surface area contributed by atoms with E-state index in [0.29, 0.717) is 18.7 Å². The van der Waals surface area contributed by atoms with Crippen molar-refractivity contribution in [3.63, 3.8) is 0 Å². The van der Waals surface area contributed by atoms with Crippen molar-refractivity contribution < 1.29 is 14.3 Å². The number of para-hydroxylation sites is 1. The van der Waals surface area contributed by atoms with Crippen molar-refractivity contribution in [2.75, 3.05) is 18.1 Å². The molecule has 0 saturated carbocycles. The number of unbranched alkanes of at least 4 members (excludes halogenated alkanes) is 1. The van der Waals surface area contributed by atoms with Gasteiger partial charge in [-0.3, -0.25) is 4.79 Å². The van der Waals surface area contributed by atoms with Gasteiger partial charge in [0.15, 0.2) is 0 Å². The Labute approximate surface area is 195 Å². The molecule has 0 N–H and O–H groups in total.